The van der Waals surface area contributed by atoms with Gasteiger partial charge in [0.25, 0.3) is 0 Å². The van der Waals surface area contributed by atoms with Gasteiger partial charge in [-0.25, -0.2) is 0 Å². The monoisotopic (exact) mass is 215 g/mol. The van der Waals surface area contributed by atoms with Crippen molar-refractivity contribution in [1.82, 2.24) is 9.80 Å². The van der Waals surface area contributed by atoms with Crippen LogP contribution in [-0.4, -0.2) is 67.8 Å². The summed E-state index contributed by atoms with van der Waals surface area (Å²) in [5.74, 6) is 0.793. The smallest absolute Gasteiger partial charge is 0.0446 e. The molecule has 0 aliphatic carbocycles. The maximum absolute atomic E-state index is 8.76. The van der Waals surface area contributed by atoms with Gasteiger partial charge in [0.15, 0.2) is 0 Å². The molecule has 1 rings (SSSR count). The lowest BCUT2D eigenvalue weighted by atomic mass is 10.1. The second-order valence-corrected chi connectivity index (χ2v) is 4.91. The van der Waals surface area contributed by atoms with E-state index in [0.717, 1.165) is 19.0 Å². The van der Waals surface area contributed by atoms with E-state index in [0.29, 0.717) is 6.42 Å². The maximum atomic E-state index is 8.76. The van der Waals surface area contributed by atoms with E-state index in [1.165, 1.54) is 19.5 Å². The third-order valence-corrected chi connectivity index (χ3v) is 3.10. The molecule has 0 bridgehead atoms. The number of aliphatic hydroxyl groups excluding tert-OH is 1. The molecule has 2 unspecified atom stereocenters. The predicted octanol–water partition coefficient (Wildman–Crippen LogP) is -0.420. The van der Waals surface area contributed by atoms with Crippen molar-refractivity contribution in [1.29, 1.82) is 0 Å². The van der Waals surface area contributed by atoms with E-state index in [1.54, 1.807) is 0 Å². The first-order valence-corrected chi connectivity index (χ1v) is 5.85. The molecule has 0 amide bonds. The second kappa shape index (κ2) is 6.43. The van der Waals surface area contributed by atoms with Crippen LogP contribution in [0.1, 0.15) is 12.8 Å². The fourth-order valence-electron chi connectivity index (χ4n) is 2.35. The van der Waals surface area contributed by atoms with Gasteiger partial charge >= 0.3 is 0 Å². The fourth-order valence-corrected chi connectivity index (χ4v) is 2.35. The van der Waals surface area contributed by atoms with Gasteiger partial charge < -0.3 is 20.6 Å². The molecule has 0 saturated carbocycles. The van der Waals surface area contributed by atoms with Crippen LogP contribution in [0.2, 0.25) is 0 Å². The van der Waals surface area contributed by atoms with Gasteiger partial charge in [-0.15, -0.1) is 0 Å². The van der Waals surface area contributed by atoms with Gasteiger partial charge in [0.2, 0.25) is 0 Å². The van der Waals surface area contributed by atoms with Crippen LogP contribution in [0.5, 0.6) is 0 Å². The number of nitrogens with zero attached hydrogens (tertiary/aromatic N) is 2. The highest BCUT2D eigenvalue weighted by molar-refractivity contribution is 4.76. The fraction of sp³-hybridized carbons (Fsp3) is 1.00. The Morgan fingerprint density at radius 2 is 2.33 bits per heavy atom. The molecule has 0 radical (unpaired) electrons. The zero-order valence-electron chi connectivity index (χ0n) is 10.0. The Balaban J connectivity index is 2.15. The normalized spacial score (nSPS) is 25.0. The van der Waals surface area contributed by atoms with Crippen molar-refractivity contribution in [3.8, 4) is 0 Å². The van der Waals surface area contributed by atoms with Gasteiger partial charge in [0, 0.05) is 32.3 Å². The molecule has 0 spiro atoms. The molecule has 90 valence electrons. The minimum atomic E-state index is 0.110. The first-order valence-electron chi connectivity index (χ1n) is 5.85. The van der Waals surface area contributed by atoms with Crippen LogP contribution < -0.4 is 5.73 Å². The summed E-state index contributed by atoms with van der Waals surface area (Å²) in [6.07, 6.45) is 2.00. The van der Waals surface area contributed by atoms with E-state index in [4.69, 9.17) is 10.8 Å². The summed E-state index contributed by atoms with van der Waals surface area (Å²) in [6, 6.07) is 0.110. The third-order valence-electron chi connectivity index (χ3n) is 3.10. The van der Waals surface area contributed by atoms with E-state index in [1.807, 2.05) is 0 Å². The molecule has 15 heavy (non-hydrogen) atoms. The van der Waals surface area contributed by atoms with Gasteiger partial charge in [-0.05, 0) is 39.4 Å². The average molecular weight is 215 g/mol. The van der Waals surface area contributed by atoms with Gasteiger partial charge in [0.05, 0.1) is 0 Å². The molecule has 1 heterocycles. The maximum Gasteiger partial charge on any atom is 0.0446 e. The molecule has 1 saturated heterocycles. The number of hydrogen-bond acceptors (Lipinski definition) is 4. The SMILES string of the molecule is CN1CCC(CN(C)CC(N)CCO)C1. The highest BCUT2D eigenvalue weighted by Crippen LogP contribution is 2.15. The Labute approximate surface area is 93.0 Å². The zero-order valence-corrected chi connectivity index (χ0v) is 10.0. The summed E-state index contributed by atoms with van der Waals surface area (Å²) in [5, 5.41) is 8.76. The standard InChI is InChI=1S/C11H25N3O/c1-13-5-3-10(7-13)8-14(2)9-11(12)4-6-15/h10-11,15H,3-9,12H2,1-2H3. The van der Waals surface area contributed by atoms with Crippen molar-refractivity contribution in [2.24, 2.45) is 11.7 Å². The summed E-state index contributed by atoms with van der Waals surface area (Å²) in [7, 11) is 4.30. The number of nitrogens with two attached hydrogens (primary N) is 1. The minimum Gasteiger partial charge on any atom is -0.396 e. The van der Waals surface area contributed by atoms with Crippen LogP contribution in [0, 0.1) is 5.92 Å². The highest BCUT2D eigenvalue weighted by Gasteiger charge is 2.21. The van der Waals surface area contributed by atoms with Crippen molar-refractivity contribution in [3.63, 3.8) is 0 Å². The van der Waals surface area contributed by atoms with Crippen molar-refractivity contribution in [2.75, 3.05) is 46.9 Å². The Hall–Kier alpha value is -0.160. The molecule has 3 N–H and O–H groups in total. The lowest BCUT2D eigenvalue weighted by Gasteiger charge is -2.23. The molecule has 4 heteroatoms. The van der Waals surface area contributed by atoms with Crippen LogP contribution in [0.25, 0.3) is 0 Å². The summed E-state index contributed by atoms with van der Waals surface area (Å²) >= 11 is 0. The molecule has 1 aliphatic rings. The predicted molar refractivity (Wildman–Crippen MR) is 62.8 cm³/mol. The summed E-state index contributed by atoms with van der Waals surface area (Å²) in [6.45, 7) is 4.65. The molecular formula is C11H25N3O. The summed E-state index contributed by atoms with van der Waals surface area (Å²) < 4.78 is 0. The van der Waals surface area contributed by atoms with Crippen LogP contribution in [-0.2, 0) is 0 Å². The molecule has 2 atom stereocenters. The Kier molecular flexibility index (Phi) is 5.53. The van der Waals surface area contributed by atoms with Crippen molar-refractivity contribution < 1.29 is 5.11 Å². The first kappa shape index (κ1) is 12.9. The van der Waals surface area contributed by atoms with Crippen molar-refractivity contribution >= 4 is 0 Å². The molecule has 0 aromatic rings. The Morgan fingerprint density at radius 3 is 2.87 bits per heavy atom. The molecule has 1 aliphatic heterocycles. The summed E-state index contributed by atoms with van der Waals surface area (Å²) in [4.78, 5) is 4.68. The zero-order chi connectivity index (χ0) is 11.3. The molecule has 4 nitrogen and oxygen atoms in total. The van der Waals surface area contributed by atoms with Gasteiger partial charge in [-0.1, -0.05) is 0 Å². The van der Waals surface area contributed by atoms with Crippen LogP contribution in [0.4, 0.5) is 0 Å². The van der Waals surface area contributed by atoms with Gasteiger partial charge in [0.1, 0.15) is 0 Å². The van der Waals surface area contributed by atoms with Crippen LogP contribution >= 0.6 is 0 Å². The largest absolute Gasteiger partial charge is 0.396 e. The quantitative estimate of drug-likeness (QED) is 0.632. The van der Waals surface area contributed by atoms with Gasteiger partial charge in [-0.3, -0.25) is 0 Å². The lowest BCUT2D eigenvalue weighted by Crippen LogP contribution is -2.38. The topological polar surface area (TPSA) is 52.7 Å². The number of likely N-dealkylation sites (N-methyl/N-ethyl adjacent to an activating group) is 1. The Morgan fingerprint density at radius 1 is 1.60 bits per heavy atom. The molecule has 1 fully saturated rings. The number of likely N-dealkylation sites (tertiary alicyclic amines) is 1. The van der Waals surface area contributed by atoms with Gasteiger partial charge in [-0.2, -0.15) is 0 Å². The third kappa shape index (κ3) is 4.93. The van der Waals surface area contributed by atoms with Crippen LogP contribution in [0.15, 0.2) is 0 Å². The van der Waals surface area contributed by atoms with Crippen molar-refractivity contribution in [2.45, 2.75) is 18.9 Å². The molecule has 0 aromatic heterocycles. The van der Waals surface area contributed by atoms with E-state index in [-0.39, 0.29) is 12.6 Å². The van der Waals surface area contributed by atoms with E-state index in [2.05, 4.69) is 23.9 Å². The lowest BCUT2D eigenvalue weighted by molar-refractivity contribution is 0.229. The number of hydrogen-bond donors (Lipinski definition) is 2. The van der Waals surface area contributed by atoms with Crippen molar-refractivity contribution in [3.05, 3.63) is 0 Å². The minimum absolute atomic E-state index is 0.110. The number of aliphatic hydroxyl groups is 1. The molecular weight excluding hydrogens is 190 g/mol. The Bertz CT molecular complexity index is 177. The first-order chi connectivity index (χ1) is 7.11. The van der Waals surface area contributed by atoms with E-state index >= 15 is 0 Å². The average Bonchev–Trinajstić information content (AvgIpc) is 2.51. The molecule has 0 aromatic carbocycles. The second-order valence-electron chi connectivity index (χ2n) is 4.91. The van der Waals surface area contributed by atoms with Crippen LogP contribution in [0.3, 0.4) is 0 Å². The van der Waals surface area contributed by atoms with E-state index < -0.39 is 0 Å². The summed E-state index contributed by atoms with van der Waals surface area (Å²) in [5.41, 5.74) is 5.87. The van der Waals surface area contributed by atoms with E-state index in [9.17, 15) is 0 Å². The number of rotatable bonds is 6. The highest BCUT2D eigenvalue weighted by atomic mass is 16.3.